The van der Waals surface area contributed by atoms with Gasteiger partial charge in [-0.25, -0.2) is 0 Å². The molecule has 0 saturated heterocycles. The molecule has 6 heteroatoms. The van der Waals surface area contributed by atoms with Crippen molar-refractivity contribution >= 4 is 29.1 Å². The molecular weight excluding hydrogens is 321 g/mol. The molecule has 1 heterocycles. The van der Waals surface area contributed by atoms with Gasteiger partial charge in [-0.2, -0.15) is 0 Å². The lowest BCUT2D eigenvalue weighted by Gasteiger charge is -2.15. The molecule has 2 rings (SSSR count). The van der Waals surface area contributed by atoms with Crippen LogP contribution in [0.5, 0.6) is 0 Å². The lowest BCUT2D eigenvalue weighted by molar-refractivity contribution is -0.120. The van der Waals surface area contributed by atoms with Crippen LogP contribution >= 0.6 is 23.2 Å². The Morgan fingerprint density at radius 2 is 2.09 bits per heavy atom. The number of aromatic nitrogens is 1. The van der Waals surface area contributed by atoms with E-state index in [1.165, 1.54) is 0 Å². The molecule has 22 heavy (non-hydrogen) atoms. The maximum atomic E-state index is 11.8. The molecule has 116 valence electrons. The lowest BCUT2D eigenvalue weighted by Crippen LogP contribution is -2.34. The van der Waals surface area contributed by atoms with Gasteiger partial charge in [0.2, 0.25) is 5.91 Å². The van der Waals surface area contributed by atoms with E-state index in [0.29, 0.717) is 16.6 Å². The monoisotopic (exact) mass is 337 g/mol. The van der Waals surface area contributed by atoms with E-state index in [4.69, 9.17) is 23.2 Å². The van der Waals surface area contributed by atoms with Crippen LogP contribution in [0.4, 0.5) is 0 Å². The largest absolute Gasteiger partial charge is 0.351 e. The molecule has 1 aromatic carbocycles. The highest BCUT2D eigenvalue weighted by atomic mass is 35.5. The number of carbonyl (C=O) groups excluding carboxylic acids is 1. The Bertz CT molecular complexity index is 635. The van der Waals surface area contributed by atoms with Crippen LogP contribution in [-0.4, -0.2) is 17.4 Å². The predicted octanol–water partition coefficient (Wildman–Crippen LogP) is 3.36. The van der Waals surface area contributed by atoms with Crippen LogP contribution in [0, 0.1) is 0 Å². The van der Waals surface area contributed by atoms with E-state index in [0.717, 1.165) is 11.1 Å². The molecule has 0 aliphatic carbocycles. The van der Waals surface area contributed by atoms with Crippen LogP contribution in [0.25, 0.3) is 0 Å². The third kappa shape index (κ3) is 4.98. The van der Waals surface area contributed by atoms with Gasteiger partial charge < -0.3 is 10.6 Å². The first-order valence-electron chi connectivity index (χ1n) is 6.90. The number of nitrogens with one attached hydrogen (secondary N) is 2. The first-order valence-corrected chi connectivity index (χ1v) is 7.66. The maximum absolute atomic E-state index is 11.8. The van der Waals surface area contributed by atoms with E-state index in [9.17, 15) is 4.79 Å². The second kappa shape index (κ2) is 8.13. The fraction of sp³-hybridized carbons (Fsp3) is 0.250. The highest BCUT2D eigenvalue weighted by Crippen LogP contribution is 2.25. The van der Waals surface area contributed by atoms with Crippen LogP contribution in [0.1, 0.15) is 24.1 Å². The summed E-state index contributed by atoms with van der Waals surface area (Å²) >= 11 is 11.9. The van der Waals surface area contributed by atoms with Gasteiger partial charge in [-0.3, -0.25) is 9.78 Å². The van der Waals surface area contributed by atoms with Crippen LogP contribution < -0.4 is 10.6 Å². The molecular formula is C16H17Cl2N3O. The Labute approximate surface area is 139 Å². The van der Waals surface area contributed by atoms with Crippen molar-refractivity contribution in [2.45, 2.75) is 19.5 Å². The number of halogens is 2. The summed E-state index contributed by atoms with van der Waals surface area (Å²) in [4.78, 5) is 15.8. The van der Waals surface area contributed by atoms with Gasteiger partial charge in [-0.1, -0.05) is 35.3 Å². The lowest BCUT2D eigenvalue weighted by atomic mass is 10.1. The van der Waals surface area contributed by atoms with Crippen molar-refractivity contribution in [2.75, 3.05) is 6.54 Å². The fourth-order valence-electron chi connectivity index (χ4n) is 1.91. The fourth-order valence-corrected chi connectivity index (χ4v) is 2.22. The van der Waals surface area contributed by atoms with E-state index >= 15 is 0 Å². The van der Waals surface area contributed by atoms with Gasteiger partial charge in [-0.15, -0.1) is 0 Å². The number of pyridine rings is 1. The standard InChI is InChI=1S/C16H17Cl2N3O/c1-11(13-4-5-14(17)15(18)7-13)20-10-16(22)21-9-12-3-2-6-19-8-12/h2-8,11,20H,9-10H2,1H3,(H,21,22)/t11-/m0/s1. The molecule has 1 aromatic heterocycles. The highest BCUT2D eigenvalue weighted by molar-refractivity contribution is 6.42. The van der Waals surface area contributed by atoms with E-state index in [1.807, 2.05) is 25.1 Å². The van der Waals surface area contributed by atoms with E-state index in [1.54, 1.807) is 24.5 Å². The molecule has 0 saturated carbocycles. The minimum absolute atomic E-state index is 0.00101. The van der Waals surface area contributed by atoms with E-state index in [2.05, 4.69) is 15.6 Å². The van der Waals surface area contributed by atoms with Gasteiger partial charge in [0.1, 0.15) is 0 Å². The molecule has 0 bridgehead atoms. The van der Waals surface area contributed by atoms with Crippen LogP contribution in [0.2, 0.25) is 10.0 Å². The molecule has 0 radical (unpaired) electrons. The molecule has 2 aromatic rings. The van der Waals surface area contributed by atoms with Crippen molar-refractivity contribution < 1.29 is 4.79 Å². The first kappa shape index (κ1) is 16.7. The SMILES string of the molecule is C[C@H](NCC(=O)NCc1cccnc1)c1ccc(Cl)c(Cl)c1. The third-order valence-electron chi connectivity index (χ3n) is 3.22. The molecule has 0 unspecified atom stereocenters. The van der Waals surface area contributed by atoms with Crippen molar-refractivity contribution in [1.82, 2.24) is 15.6 Å². The van der Waals surface area contributed by atoms with Crippen molar-refractivity contribution in [3.05, 3.63) is 63.9 Å². The molecule has 0 aliphatic rings. The second-order valence-electron chi connectivity index (χ2n) is 4.91. The quantitative estimate of drug-likeness (QED) is 0.849. The van der Waals surface area contributed by atoms with Crippen molar-refractivity contribution in [2.24, 2.45) is 0 Å². The van der Waals surface area contributed by atoms with Crippen molar-refractivity contribution in [3.8, 4) is 0 Å². The smallest absolute Gasteiger partial charge is 0.234 e. The predicted molar refractivity (Wildman–Crippen MR) is 89.0 cm³/mol. The van der Waals surface area contributed by atoms with Crippen molar-refractivity contribution in [3.63, 3.8) is 0 Å². The summed E-state index contributed by atoms with van der Waals surface area (Å²) < 4.78 is 0. The summed E-state index contributed by atoms with van der Waals surface area (Å²) in [5, 5.41) is 7.02. The first-order chi connectivity index (χ1) is 10.6. The normalized spacial score (nSPS) is 12.0. The van der Waals surface area contributed by atoms with Crippen LogP contribution in [-0.2, 0) is 11.3 Å². The zero-order valence-corrected chi connectivity index (χ0v) is 13.7. The zero-order chi connectivity index (χ0) is 15.9. The third-order valence-corrected chi connectivity index (χ3v) is 3.96. The number of benzene rings is 1. The van der Waals surface area contributed by atoms with Gasteiger partial charge >= 0.3 is 0 Å². The summed E-state index contributed by atoms with van der Waals surface area (Å²) in [5.74, 6) is -0.0734. The number of amides is 1. The Morgan fingerprint density at radius 1 is 1.27 bits per heavy atom. The number of rotatable bonds is 6. The Kier molecular flexibility index (Phi) is 6.19. The average molecular weight is 338 g/mol. The summed E-state index contributed by atoms with van der Waals surface area (Å²) in [5.41, 5.74) is 1.95. The van der Waals surface area contributed by atoms with Crippen molar-refractivity contribution in [1.29, 1.82) is 0 Å². The molecule has 0 aliphatic heterocycles. The number of nitrogens with zero attached hydrogens (tertiary/aromatic N) is 1. The maximum Gasteiger partial charge on any atom is 0.234 e. The Balaban J connectivity index is 1.79. The molecule has 1 amide bonds. The van der Waals surface area contributed by atoms with Gasteiger partial charge in [0, 0.05) is 25.0 Å². The molecule has 0 spiro atoms. The topological polar surface area (TPSA) is 54.0 Å². The van der Waals surface area contributed by atoms with Crippen LogP contribution in [0.15, 0.2) is 42.7 Å². The van der Waals surface area contributed by atoms with Gasteiger partial charge in [-0.05, 0) is 36.2 Å². The number of carbonyl (C=O) groups is 1. The van der Waals surface area contributed by atoms with E-state index < -0.39 is 0 Å². The molecule has 1 atom stereocenters. The molecule has 4 nitrogen and oxygen atoms in total. The van der Waals surface area contributed by atoms with Gasteiger partial charge in [0.25, 0.3) is 0 Å². The second-order valence-corrected chi connectivity index (χ2v) is 5.73. The van der Waals surface area contributed by atoms with Gasteiger partial charge in [0.05, 0.1) is 16.6 Å². The summed E-state index contributed by atoms with van der Waals surface area (Å²) in [6, 6.07) is 9.19. The summed E-state index contributed by atoms with van der Waals surface area (Å²) in [6.07, 6.45) is 3.43. The molecule has 2 N–H and O–H groups in total. The average Bonchev–Trinajstić information content (AvgIpc) is 2.54. The van der Waals surface area contributed by atoms with Crippen LogP contribution in [0.3, 0.4) is 0 Å². The Hall–Kier alpha value is -1.62. The minimum atomic E-state index is -0.0734. The van der Waals surface area contributed by atoms with E-state index in [-0.39, 0.29) is 18.5 Å². The summed E-state index contributed by atoms with van der Waals surface area (Å²) in [6.45, 7) is 2.66. The molecule has 0 fully saturated rings. The minimum Gasteiger partial charge on any atom is -0.351 e. The number of hydrogen-bond donors (Lipinski definition) is 2. The zero-order valence-electron chi connectivity index (χ0n) is 12.1. The Morgan fingerprint density at radius 3 is 2.77 bits per heavy atom. The highest BCUT2D eigenvalue weighted by Gasteiger charge is 2.09. The summed E-state index contributed by atoms with van der Waals surface area (Å²) in [7, 11) is 0. The number of hydrogen-bond acceptors (Lipinski definition) is 3. The van der Waals surface area contributed by atoms with Gasteiger partial charge in [0.15, 0.2) is 0 Å².